The van der Waals surface area contributed by atoms with Crippen molar-refractivity contribution in [3.63, 3.8) is 0 Å². The topological polar surface area (TPSA) is 74.7 Å². The fourth-order valence-electron chi connectivity index (χ4n) is 2.08. The molecule has 0 aliphatic heterocycles. The van der Waals surface area contributed by atoms with Crippen LogP contribution in [0.2, 0.25) is 10.0 Å². The minimum Gasteiger partial charge on any atom is -0.480 e. The molecule has 5 nitrogen and oxygen atoms in total. The zero-order chi connectivity index (χ0) is 17.9. The number of hydrogen-bond acceptors (Lipinski definition) is 3. The van der Waals surface area contributed by atoms with E-state index in [1.54, 1.807) is 18.2 Å². The second kappa shape index (κ2) is 7.53. The molecule has 24 heavy (non-hydrogen) atoms. The van der Waals surface area contributed by atoms with Crippen LogP contribution in [0.4, 0.5) is 0 Å². The highest BCUT2D eigenvalue weighted by atomic mass is 35.5. The molecule has 0 aromatic heterocycles. The fraction of sp³-hybridized carbons (Fsp3) is 0.188. The van der Waals surface area contributed by atoms with E-state index in [9.17, 15) is 13.2 Å². The predicted molar refractivity (Wildman–Crippen MR) is 92.9 cm³/mol. The monoisotopic (exact) mass is 387 g/mol. The molecule has 2 aromatic rings. The number of aliphatic carboxylic acids is 1. The largest absolute Gasteiger partial charge is 0.480 e. The highest BCUT2D eigenvalue weighted by molar-refractivity contribution is 7.89. The van der Waals surface area contributed by atoms with Crippen LogP contribution in [0.25, 0.3) is 0 Å². The third-order valence-corrected chi connectivity index (χ3v) is 5.86. The molecule has 1 N–H and O–H groups in total. The first-order valence-corrected chi connectivity index (χ1v) is 9.12. The van der Waals surface area contributed by atoms with Gasteiger partial charge >= 0.3 is 5.97 Å². The lowest BCUT2D eigenvalue weighted by Crippen LogP contribution is -2.35. The van der Waals surface area contributed by atoms with Crippen LogP contribution < -0.4 is 0 Å². The lowest BCUT2D eigenvalue weighted by molar-refractivity contribution is -0.137. The van der Waals surface area contributed by atoms with Crippen molar-refractivity contribution in [1.29, 1.82) is 0 Å². The number of carboxylic acid groups (broad SMARTS) is 1. The van der Waals surface area contributed by atoms with Gasteiger partial charge in [0.2, 0.25) is 10.0 Å². The van der Waals surface area contributed by atoms with E-state index in [2.05, 4.69) is 0 Å². The van der Waals surface area contributed by atoms with E-state index < -0.39 is 22.5 Å². The van der Waals surface area contributed by atoms with E-state index >= 15 is 0 Å². The molecule has 0 aliphatic carbocycles. The van der Waals surface area contributed by atoms with Crippen molar-refractivity contribution >= 4 is 39.2 Å². The standard InChI is InChI=1S/C16H15Cl2NO4S/c1-11-2-5-13(6-3-11)24(22,23)19(10-16(20)21)9-12-4-7-14(17)15(18)8-12/h2-8H,9-10H2,1H3,(H,20,21). The molecule has 0 radical (unpaired) electrons. The second-order valence-corrected chi connectivity index (χ2v) is 7.98. The molecule has 0 saturated heterocycles. The van der Waals surface area contributed by atoms with Gasteiger partial charge in [-0.15, -0.1) is 0 Å². The van der Waals surface area contributed by atoms with E-state index in [0.29, 0.717) is 10.6 Å². The Balaban J connectivity index is 2.38. The van der Waals surface area contributed by atoms with Crippen molar-refractivity contribution in [2.45, 2.75) is 18.4 Å². The highest BCUT2D eigenvalue weighted by Gasteiger charge is 2.26. The molecule has 0 heterocycles. The summed E-state index contributed by atoms with van der Waals surface area (Å²) in [5.41, 5.74) is 1.45. The van der Waals surface area contributed by atoms with E-state index in [1.807, 2.05) is 6.92 Å². The summed E-state index contributed by atoms with van der Waals surface area (Å²) < 4.78 is 26.4. The Morgan fingerprint density at radius 3 is 2.25 bits per heavy atom. The van der Waals surface area contributed by atoms with Crippen molar-refractivity contribution in [2.24, 2.45) is 0 Å². The van der Waals surface area contributed by atoms with Gasteiger partial charge in [-0.1, -0.05) is 47.0 Å². The average molecular weight is 388 g/mol. The van der Waals surface area contributed by atoms with Gasteiger partial charge in [0.05, 0.1) is 14.9 Å². The van der Waals surface area contributed by atoms with Gasteiger partial charge < -0.3 is 5.11 Å². The number of halogens is 2. The maximum atomic E-state index is 12.7. The second-order valence-electron chi connectivity index (χ2n) is 5.23. The van der Waals surface area contributed by atoms with Gasteiger partial charge in [-0.2, -0.15) is 4.31 Å². The molecule has 0 unspecified atom stereocenters. The Bertz CT molecular complexity index is 851. The SMILES string of the molecule is Cc1ccc(S(=O)(=O)N(CC(=O)O)Cc2ccc(Cl)c(Cl)c2)cc1. The Kier molecular flexibility index (Phi) is 5.87. The van der Waals surface area contributed by atoms with Crippen LogP contribution in [0, 0.1) is 6.92 Å². The molecule has 128 valence electrons. The number of carbonyl (C=O) groups is 1. The van der Waals surface area contributed by atoms with Gasteiger partial charge in [-0.25, -0.2) is 8.42 Å². The number of sulfonamides is 1. The van der Waals surface area contributed by atoms with E-state index in [0.717, 1.165) is 9.87 Å². The number of carboxylic acids is 1. The predicted octanol–water partition coefficient (Wildman–Crippen LogP) is 3.58. The molecule has 0 fully saturated rings. The Morgan fingerprint density at radius 2 is 1.71 bits per heavy atom. The number of hydrogen-bond donors (Lipinski definition) is 1. The van der Waals surface area contributed by atoms with Crippen LogP contribution in [0.5, 0.6) is 0 Å². The zero-order valence-electron chi connectivity index (χ0n) is 12.7. The number of nitrogens with zero attached hydrogens (tertiary/aromatic N) is 1. The minimum absolute atomic E-state index is 0.0365. The molecule has 0 aliphatic rings. The first-order chi connectivity index (χ1) is 11.2. The third-order valence-electron chi connectivity index (χ3n) is 3.31. The van der Waals surface area contributed by atoms with Crippen molar-refractivity contribution < 1.29 is 18.3 Å². The van der Waals surface area contributed by atoms with Crippen LogP contribution >= 0.6 is 23.2 Å². The van der Waals surface area contributed by atoms with Crippen LogP contribution in [0.3, 0.4) is 0 Å². The molecular formula is C16H15Cl2NO4S. The number of aryl methyl sites for hydroxylation is 1. The van der Waals surface area contributed by atoms with Crippen molar-refractivity contribution in [3.8, 4) is 0 Å². The summed E-state index contributed by atoms with van der Waals surface area (Å²) >= 11 is 11.8. The van der Waals surface area contributed by atoms with Crippen molar-refractivity contribution in [1.82, 2.24) is 4.31 Å². The van der Waals surface area contributed by atoms with Crippen molar-refractivity contribution in [3.05, 3.63) is 63.6 Å². The zero-order valence-corrected chi connectivity index (χ0v) is 15.1. The van der Waals surface area contributed by atoms with Gasteiger partial charge in [0.15, 0.2) is 0 Å². The van der Waals surface area contributed by atoms with E-state index in [4.69, 9.17) is 28.3 Å². The summed E-state index contributed by atoms with van der Waals surface area (Å²) in [6, 6.07) is 10.9. The van der Waals surface area contributed by atoms with Crippen molar-refractivity contribution in [2.75, 3.05) is 6.54 Å². The minimum atomic E-state index is -3.96. The highest BCUT2D eigenvalue weighted by Crippen LogP contribution is 2.25. The van der Waals surface area contributed by atoms with Gasteiger partial charge in [0, 0.05) is 6.54 Å². The lowest BCUT2D eigenvalue weighted by Gasteiger charge is -2.21. The number of rotatable bonds is 6. The summed E-state index contributed by atoms with van der Waals surface area (Å²) in [6.45, 7) is 1.05. The molecule has 0 bridgehead atoms. The maximum absolute atomic E-state index is 12.7. The van der Waals surface area contributed by atoms with Crippen LogP contribution in [-0.4, -0.2) is 30.3 Å². The van der Waals surface area contributed by atoms with Gasteiger partial charge in [0.1, 0.15) is 6.54 Å². The molecule has 0 spiro atoms. The quantitative estimate of drug-likeness (QED) is 0.821. The summed E-state index contributed by atoms with van der Waals surface area (Å²) in [5.74, 6) is -1.24. The lowest BCUT2D eigenvalue weighted by atomic mass is 10.2. The molecule has 0 atom stereocenters. The molecule has 2 rings (SSSR count). The average Bonchev–Trinajstić information content (AvgIpc) is 2.50. The summed E-state index contributed by atoms with van der Waals surface area (Å²) in [7, 11) is -3.96. The Hall–Kier alpha value is -1.60. The smallest absolute Gasteiger partial charge is 0.318 e. The normalized spacial score (nSPS) is 11.7. The fourth-order valence-corrected chi connectivity index (χ4v) is 3.78. The first-order valence-electron chi connectivity index (χ1n) is 6.92. The van der Waals surface area contributed by atoms with Crippen LogP contribution in [0.15, 0.2) is 47.4 Å². The third kappa shape index (κ3) is 4.48. The molecule has 0 saturated carbocycles. The van der Waals surface area contributed by atoms with Crippen LogP contribution in [-0.2, 0) is 21.4 Å². The van der Waals surface area contributed by atoms with Gasteiger partial charge in [-0.3, -0.25) is 4.79 Å². The number of benzene rings is 2. The maximum Gasteiger partial charge on any atom is 0.318 e. The summed E-state index contributed by atoms with van der Waals surface area (Å²) in [5, 5.41) is 9.68. The molecular weight excluding hydrogens is 373 g/mol. The van der Waals surface area contributed by atoms with E-state index in [-0.39, 0.29) is 16.5 Å². The Labute approximate surface area is 150 Å². The first kappa shape index (κ1) is 18.7. The summed E-state index contributed by atoms with van der Waals surface area (Å²) in [6.07, 6.45) is 0. The molecule has 8 heteroatoms. The molecule has 2 aromatic carbocycles. The van der Waals surface area contributed by atoms with Crippen LogP contribution in [0.1, 0.15) is 11.1 Å². The summed E-state index contributed by atoms with van der Waals surface area (Å²) in [4.78, 5) is 11.1. The van der Waals surface area contributed by atoms with Gasteiger partial charge in [0.25, 0.3) is 0 Å². The van der Waals surface area contributed by atoms with Gasteiger partial charge in [-0.05, 0) is 36.8 Å². The van der Waals surface area contributed by atoms with E-state index in [1.165, 1.54) is 24.3 Å². The molecule has 0 amide bonds. The Morgan fingerprint density at radius 1 is 1.08 bits per heavy atom.